The third-order valence-electron chi connectivity index (χ3n) is 2.33. The second-order valence-corrected chi connectivity index (χ2v) is 3.98. The minimum atomic E-state index is -0.557. The van der Waals surface area contributed by atoms with Crippen molar-refractivity contribution in [1.29, 1.82) is 0 Å². The summed E-state index contributed by atoms with van der Waals surface area (Å²) in [6.45, 7) is 4.19. The van der Waals surface area contributed by atoms with Gasteiger partial charge in [0.2, 0.25) is 0 Å². The Labute approximate surface area is 82.8 Å². The average molecular weight is 198 g/mol. The Morgan fingerprint density at radius 1 is 1.43 bits per heavy atom. The highest BCUT2D eigenvalue weighted by Gasteiger charge is 2.39. The van der Waals surface area contributed by atoms with Crippen LogP contribution in [-0.4, -0.2) is 30.6 Å². The van der Waals surface area contributed by atoms with Crippen molar-refractivity contribution >= 4 is 5.97 Å². The van der Waals surface area contributed by atoms with E-state index in [0.717, 1.165) is 0 Å². The zero-order valence-corrected chi connectivity index (χ0v) is 8.36. The number of esters is 1. The van der Waals surface area contributed by atoms with E-state index in [0.29, 0.717) is 13.0 Å². The average Bonchev–Trinajstić information content (AvgIpc) is 2.46. The summed E-state index contributed by atoms with van der Waals surface area (Å²) in [6, 6.07) is 0. The maximum Gasteiger partial charge on any atom is 0.330 e. The van der Waals surface area contributed by atoms with Crippen molar-refractivity contribution < 1.29 is 19.0 Å². The van der Waals surface area contributed by atoms with Gasteiger partial charge in [0.25, 0.3) is 0 Å². The number of carbonyl (C=O) groups is 1. The first kappa shape index (κ1) is 9.68. The third-order valence-corrected chi connectivity index (χ3v) is 2.33. The molecule has 4 nitrogen and oxygen atoms in total. The smallest absolute Gasteiger partial charge is 0.330 e. The number of cyclic esters (lactones) is 1. The molecule has 0 aromatic carbocycles. The van der Waals surface area contributed by atoms with E-state index < -0.39 is 5.79 Å². The molecule has 0 aromatic heterocycles. The highest BCUT2D eigenvalue weighted by atomic mass is 16.7. The number of hydrogen-bond donors (Lipinski definition) is 0. The molecule has 2 atom stereocenters. The third kappa shape index (κ3) is 1.96. The van der Waals surface area contributed by atoms with Gasteiger partial charge in [-0.05, 0) is 13.8 Å². The lowest BCUT2D eigenvalue weighted by atomic mass is 10.1. The molecule has 4 heteroatoms. The predicted molar refractivity (Wildman–Crippen MR) is 48.5 cm³/mol. The Morgan fingerprint density at radius 3 is 2.79 bits per heavy atom. The molecule has 14 heavy (non-hydrogen) atoms. The largest absolute Gasteiger partial charge is 0.456 e. The molecule has 1 saturated heterocycles. The quantitative estimate of drug-likeness (QED) is 0.590. The second-order valence-electron chi connectivity index (χ2n) is 3.98. The molecule has 0 aliphatic carbocycles. The van der Waals surface area contributed by atoms with Gasteiger partial charge in [-0.25, -0.2) is 4.79 Å². The molecule has 0 unspecified atom stereocenters. The van der Waals surface area contributed by atoms with E-state index in [1.165, 1.54) is 6.08 Å². The number of rotatable bonds is 1. The summed E-state index contributed by atoms with van der Waals surface area (Å²) in [5.74, 6) is -0.854. The summed E-state index contributed by atoms with van der Waals surface area (Å²) in [6.07, 6.45) is 3.62. The lowest BCUT2D eigenvalue weighted by Crippen LogP contribution is -2.35. The van der Waals surface area contributed by atoms with Crippen LogP contribution >= 0.6 is 0 Å². The van der Waals surface area contributed by atoms with Gasteiger partial charge >= 0.3 is 5.97 Å². The Bertz CT molecular complexity index is 269. The lowest BCUT2D eigenvalue weighted by molar-refractivity contribution is -0.167. The molecule has 0 N–H and O–H groups in total. The van der Waals surface area contributed by atoms with Crippen LogP contribution in [0.25, 0.3) is 0 Å². The van der Waals surface area contributed by atoms with Crippen molar-refractivity contribution in [3.63, 3.8) is 0 Å². The molecule has 78 valence electrons. The zero-order chi connectivity index (χ0) is 10.2. The summed E-state index contributed by atoms with van der Waals surface area (Å²) in [5.41, 5.74) is 0. The number of carbonyl (C=O) groups excluding carboxylic acids is 1. The summed E-state index contributed by atoms with van der Waals surface area (Å²) < 4.78 is 16.1. The maximum absolute atomic E-state index is 11.0. The van der Waals surface area contributed by atoms with Gasteiger partial charge in [-0.3, -0.25) is 0 Å². The molecule has 0 radical (unpaired) electrons. The van der Waals surface area contributed by atoms with Crippen LogP contribution in [-0.2, 0) is 19.0 Å². The summed E-state index contributed by atoms with van der Waals surface area (Å²) in [7, 11) is 0. The van der Waals surface area contributed by atoms with Gasteiger partial charge in [0.1, 0.15) is 12.2 Å². The van der Waals surface area contributed by atoms with Gasteiger partial charge in [-0.1, -0.05) is 6.08 Å². The van der Waals surface area contributed by atoms with Crippen LogP contribution in [0.3, 0.4) is 0 Å². The van der Waals surface area contributed by atoms with Crippen molar-refractivity contribution in [3.8, 4) is 0 Å². The Hall–Kier alpha value is -0.870. The normalized spacial score (nSPS) is 35.7. The van der Waals surface area contributed by atoms with Crippen molar-refractivity contribution in [2.75, 3.05) is 6.61 Å². The van der Waals surface area contributed by atoms with Crippen molar-refractivity contribution in [2.45, 2.75) is 38.3 Å². The van der Waals surface area contributed by atoms with Crippen LogP contribution in [0.1, 0.15) is 20.3 Å². The summed E-state index contributed by atoms with van der Waals surface area (Å²) >= 11 is 0. The predicted octanol–water partition coefficient (Wildman–Crippen LogP) is 1.01. The highest BCUT2D eigenvalue weighted by molar-refractivity contribution is 5.82. The van der Waals surface area contributed by atoms with E-state index in [1.807, 2.05) is 19.9 Å². The lowest BCUT2D eigenvalue weighted by Gasteiger charge is -2.24. The fourth-order valence-electron chi connectivity index (χ4n) is 1.66. The van der Waals surface area contributed by atoms with E-state index in [-0.39, 0.29) is 18.2 Å². The van der Waals surface area contributed by atoms with E-state index >= 15 is 0 Å². The second kappa shape index (κ2) is 3.37. The van der Waals surface area contributed by atoms with Crippen LogP contribution in [0.5, 0.6) is 0 Å². The van der Waals surface area contributed by atoms with Crippen LogP contribution in [0.2, 0.25) is 0 Å². The van der Waals surface area contributed by atoms with Gasteiger partial charge in [0, 0.05) is 12.5 Å². The number of hydrogen-bond acceptors (Lipinski definition) is 4. The zero-order valence-electron chi connectivity index (χ0n) is 8.36. The highest BCUT2D eigenvalue weighted by Crippen LogP contribution is 2.27. The van der Waals surface area contributed by atoms with Gasteiger partial charge in [0.05, 0.1) is 6.61 Å². The van der Waals surface area contributed by atoms with E-state index in [2.05, 4.69) is 0 Å². The molecule has 2 aliphatic rings. The van der Waals surface area contributed by atoms with Gasteiger partial charge in [-0.15, -0.1) is 0 Å². The Balaban J connectivity index is 1.97. The van der Waals surface area contributed by atoms with Crippen LogP contribution in [0.4, 0.5) is 0 Å². The maximum atomic E-state index is 11.0. The van der Waals surface area contributed by atoms with Crippen LogP contribution in [0.15, 0.2) is 12.2 Å². The van der Waals surface area contributed by atoms with Crippen LogP contribution in [0, 0.1) is 0 Å². The molecular weight excluding hydrogens is 184 g/mol. The minimum absolute atomic E-state index is 0.140. The first-order valence-corrected chi connectivity index (χ1v) is 4.76. The molecule has 0 saturated carbocycles. The molecule has 0 aromatic rings. The van der Waals surface area contributed by atoms with Gasteiger partial charge in [-0.2, -0.15) is 0 Å². The first-order valence-electron chi connectivity index (χ1n) is 4.76. The fraction of sp³-hybridized carbons (Fsp3) is 0.700. The van der Waals surface area contributed by atoms with Crippen molar-refractivity contribution in [1.82, 2.24) is 0 Å². The molecule has 2 heterocycles. The van der Waals surface area contributed by atoms with E-state index in [4.69, 9.17) is 14.2 Å². The molecule has 0 bridgehead atoms. The standard InChI is InChI=1S/C10H14O4/c1-10(2)12-6-8(14-10)7-4-3-5-9(11)13-7/h3,5,7-8H,4,6H2,1-2H3/t7-,8+/m0/s1. The SMILES string of the molecule is CC1(C)OC[C@H]([C@@H]2CC=CC(=O)O2)O1. The van der Waals surface area contributed by atoms with E-state index in [9.17, 15) is 4.79 Å². The molecular formula is C10H14O4. The molecule has 2 aliphatic heterocycles. The monoisotopic (exact) mass is 198 g/mol. The van der Waals surface area contributed by atoms with E-state index in [1.54, 1.807) is 0 Å². The summed E-state index contributed by atoms with van der Waals surface area (Å²) in [4.78, 5) is 11.0. The molecule has 0 amide bonds. The molecule has 2 rings (SSSR count). The number of ether oxygens (including phenoxy) is 3. The summed E-state index contributed by atoms with van der Waals surface area (Å²) in [5, 5.41) is 0. The van der Waals surface area contributed by atoms with Crippen molar-refractivity contribution in [3.05, 3.63) is 12.2 Å². The van der Waals surface area contributed by atoms with Crippen LogP contribution < -0.4 is 0 Å². The van der Waals surface area contributed by atoms with Gasteiger partial charge < -0.3 is 14.2 Å². The fourth-order valence-corrected chi connectivity index (χ4v) is 1.66. The Morgan fingerprint density at radius 2 is 2.21 bits per heavy atom. The van der Waals surface area contributed by atoms with Gasteiger partial charge in [0.15, 0.2) is 5.79 Å². The topological polar surface area (TPSA) is 44.8 Å². The van der Waals surface area contributed by atoms with Crippen molar-refractivity contribution in [2.24, 2.45) is 0 Å². The Kier molecular flexibility index (Phi) is 2.33. The first-order chi connectivity index (χ1) is 6.57. The molecule has 0 spiro atoms. The molecule has 1 fully saturated rings. The minimum Gasteiger partial charge on any atom is -0.456 e.